The molecule has 3 aromatic rings. The molecule has 246 valence electrons. The summed E-state index contributed by atoms with van der Waals surface area (Å²) in [6.07, 6.45) is 3.10. The van der Waals surface area contributed by atoms with Crippen molar-refractivity contribution < 1.29 is 29.0 Å². The summed E-state index contributed by atoms with van der Waals surface area (Å²) in [7, 11) is 0. The third-order valence-corrected chi connectivity index (χ3v) is 7.89. The van der Waals surface area contributed by atoms with Crippen molar-refractivity contribution in [3.63, 3.8) is 0 Å². The molecule has 1 fully saturated rings. The molecule has 2 aromatic carbocycles. The van der Waals surface area contributed by atoms with Crippen LogP contribution in [0.15, 0.2) is 60.8 Å². The number of carbonyl (C=O) groups is 3. The van der Waals surface area contributed by atoms with E-state index in [1.54, 1.807) is 33.0 Å². The first-order valence-corrected chi connectivity index (χ1v) is 15.8. The van der Waals surface area contributed by atoms with E-state index in [1.165, 1.54) is 4.90 Å². The monoisotopic (exact) mass is 630 g/mol. The molecule has 0 atom stereocenters. The molecule has 0 bridgehead atoms. The van der Waals surface area contributed by atoms with Crippen LogP contribution in [-0.4, -0.2) is 71.4 Å². The summed E-state index contributed by atoms with van der Waals surface area (Å²) < 4.78 is 11.0. The van der Waals surface area contributed by atoms with Gasteiger partial charge in [-0.15, -0.1) is 0 Å². The number of nitrogens with zero attached hydrogens (tertiary/aromatic N) is 2. The predicted molar refractivity (Wildman–Crippen MR) is 177 cm³/mol. The Morgan fingerprint density at radius 2 is 1.76 bits per heavy atom. The molecular formula is C36H46N4O6. The number of ether oxygens (including phenoxy) is 2. The van der Waals surface area contributed by atoms with Gasteiger partial charge in [0.05, 0.1) is 18.9 Å². The van der Waals surface area contributed by atoms with Crippen LogP contribution < -0.4 is 10.6 Å². The number of pyridine rings is 1. The van der Waals surface area contributed by atoms with E-state index in [-0.39, 0.29) is 36.5 Å². The van der Waals surface area contributed by atoms with Crippen molar-refractivity contribution in [2.45, 2.75) is 66.0 Å². The number of anilines is 1. The number of carbonyl (C=O) groups excluding carboxylic acids is 3. The molecule has 1 aromatic heterocycles. The molecule has 0 spiro atoms. The maximum absolute atomic E-state index is 13.6. The summed E-state index contributed by atoms with van der Waals surface area (Å²) in [4.78, 5) is 46.0. The fourth-order valence-electron chi connectivity index (χ4n) is 5.34. The van der Waals surface area contributed by atoms with Crippen LogP contribution in [0.25, 0.3) is 11.1 Å². The van der Waals surface area contributed by atoms with Crippen molar-refractivity contribution >= 4 is 23.6 Å². The van der Waals surface area contributed by atoms with Crippen molar-refractivity contribution in [3.05, 3.63) is 83.2 Å². The number of aliphatic hydroxyl groups is 1. The van der Waals surface area contributed by atoms with Crippen LogP contribution in [0.2, 0.25) is 0 Å². The minimum atomic E-state index is -0.754. The van der Waals surface area contributed by atoms with E-state index >= 15 is 0 Å². The number of hydrogen-bond donors (Lipinski definition) is 3. The zero-order valence-electron chi connectivity index (χ0n) is 27.5. The third kappa shape index (κ3) is 9.61. The number of amides is 3. The predicted octanol–water partition coefficient (Wildman–Crippen LogP) is 5.51. The lowest BCUT2D eigenvalue weighted by Gasteiger charge is -2.41. The van der Waals surface area contributed by atoms with Gasteiger partial charge in [0.15, 0.2) is 5.69 Å². The molecule has 0 saturated carbocycles. The summed E-state index contributed by atoms with van der Waals surface area (Å²) in [6, 6.07) is 17.4. The van der Waals surface area contributed by atoms with Gasteiger partial charge in [-0.1, -0.05) is 61.0 Å². The molecule has 3 amide bonds. The highest BCUT2D eigenvalue weighted by atomic mass is 16.6. The number of nitrogens with one attached hydrogen (secondary N) is 2. The van der Waals surface area contributed by atoms with E-state index in [9.17, 15) is 19.5 Å². The first kappa shape index (κ1) is 34.6. The van der Waals surface area contributed by atoms with Crippen LogP contribution in [-0.2, 0) is 27.2 Å². The Hall–Kier alpha value is -4.28. The lowest BCUT2D eigenvalue weighted by atomic mass is 9.79. The highest BCUT2D eigenvalue weighted by Crippen LogP contribution is 2.34. The summed E-state index contributed by atoms with van der Waals surface area (Å²) in [5.41, 5.74) is 4.06. The Balaban J connectivity index is 1.58. The highest BCUT2D eigenvalue weighted by molar-refractivity contribution is 6.03. The Morgan fingerprint density at radius 1 is 1.02 bits per heavy atom. The zero-order valence-corrected chi connectivity index (χ0v) is 27.5. The summed E-state index contributed by atoms with van der Waals surface area (Å²) in [5.74, 6) is -0.936. The molecule has 4 rings (SSSR count). The van der Waals surface area contributed by atoms with Crippen LogP contribution in [0.5, 0.6) is 0 Å². The van der Waals surface area contributed by atoms with Crippen LogP contribution >= 0.6 is 0 Å². The van der Waals surface area contributed by atoms with Crippen molar-refractivity contribution in [2.24, 2.45) is 5.41 Å². The molecular weight excluding hydrogens is 584 g/mol. The molecule has 0 radical (unpaired) electrons. The highest BCUT2D eigenvalue weighted by Gasteiger charge is 2.37. The van der Waals surface area contributed by atoms with Crippen LogP contribution in [0.3, 0.4) is 0 Å². The number of aliphatic hydroxyl groups excluding tert-OH is 1. The second-order valence-corrected chi connectivity index (χ2v) is 13.0. The van der Waals surface area contributed by atoms with Gasteiger partial charge >= 0.3 is 6.09 Å². The van der Waals surface area contributed by atoms with E-state index in [2.05, 4.69) is 28.6 Å². The SMILES string of the molecule is CCc1cccc(-c2cnc(C(=O)NCCC3(CCO)COC3)c(NC(=O)CN(Cc3cccc(C)c3)C(=O)OC(C)(C)C)c2)c1. The van der Waals surface area contributed by atoms with Gasteiger partial charge in [-0.25, -0.2) is 9.78 Å². The van der Waals surface area contributed by atoms with E-state index in [1.807, 2.05) is 49.4 Å². The Morgan fingerprint density at radius 3 is 2.41 bits per heavy atom. The maximum Gasteiger partial charge on any atom is 0.411 e. The average molecular weight is 631 g/mol. The summed E-state index contributed by atoms with van der Waals surface area (Å²) in [6.45, 7) is 10.7. The second kappa shape index (κ2) is 15.3. The first-order chi connectivity index (χ1) is 21.9. The molecule has 1 saturated heterocycles. The van der Waals surface area contributed by atoms with Crippen molar-refractivity contribution in [1.82, 2.24) is 15.2 Å². The number of hydrogen-bond acceptors (Lipinski definition) is 7. The molecule has 1 aliphatic rings. The van der Waals surface area contributed by atoms with Crippen molar-refractivity contribution in [2.75, 3.05) is 38.2 Å². The Labute approximate surface area is 271 Å². The molecule has 0 aliphatic carbocycles. The molecule has 0 unspecified atom stereocenters. The average Bonchev–Trinajstić information content (AvgIpc) is 2.98. The largest absolute Gasteiger partial charge is 0.444 e. The van der Waals surface area contributed by atoms with Gasteiger partial charge < -0.3 is 25.2 Å². The lowest BCUT2D eigenvalue weighted by Crippen LogP contribution is -2.45. The fraction of sp³-hybridized carbons (Fsp3) is 0.444. The zero-order chi connectivity index (χ0) is 33.3. The lowest BCUT2D eigenvalue weighted by molar-refractivity contribution is -0.126. The third-order valence-electron chi connectivity index (χ3n) is 7.89. The molecule has 3 N–H and O–H groups in total. The van der Waals surface area contributed by atoms with Gasteiger partial charge in [0, 0.05) is 36.9 Å². The first-order valence-electron chi connectivity index (χ1n) is 15.8. The van der Waals surface area contributed by atoms with Crippen LogP contribution in [0.4, 0.5) is 10.5 Å². The van der Waals surface area contributed by atoms with Gasteiger partial charge in [0.25, 0.3) is 5.91 Å². The summed E-state index contributed by atoms with van der Waals surface area (Å²) in [5, 5.41) is 15.2. The second-order valence-electron chi connectivity index (χ2n) is 13.0. The normalized spacial score (nSPS) is 13.8. The standard InChI is InChI=1S/C36H46N4O6/c1-6-26-10-8-12-28(18-26)29-19-30(32(38-20-29)33(43)37-15-13-36(14-16-41)23-45-24-36)39-31(42)22-40(34(44)46-35(3,4)5)21-27-11-7-9-25(2)17-27/h7-12,17-20,41H,6,13-16,21-24H2,1-5H3,(H,37,43)(H,39,42). The van der Waals surface area contributed by atoms with E-state index in [0.29, 0.717) is 32.6 Å². The van der Waals surface area contributed by atoms with E-state index < -0.39 is 23.5 Å². The maximum atomic E-state index is 13.6. The number of benzene rings is 2. The minimum absolute atomic E-state index is 0.0555. The smallest absolute Gasteiger partial charge is 0.411 e. The molecule has 1 aliphatic heterocycles. The minimum Gasteiger partial charge on any atom is -0.444 e. The summed E-state index contributed by atoms with van der Waals surface area (Å²) >= 11 is 0. The van der Waals surface area contributed by atoms with Gasteiger partial charge in [-0.2, -0.15) is 0 Å². The van der Waals surface area contributed by atoms with E-state index in [4.69, 9.17) is 9.47 Å². The Kier molecular flexibility index (Phi) is 11.5. The van der Waals surface area contributed by atoms with Gasteiger partial charge in [0.1, 0.15) is 12.1 Å². The van der Waals surface area contributed by atoms with Crippen LogP contribution in [0, 0.1) is 12.3 Å². The quantitative estimate of drug-likeness (QED) is 0.227. The number of aromatic nitrogens is 1. The number of rotatable bonds is 13. The fourth-order valence-corrected chi connectivity index (χ4v) is 5.34. The topological polar surface area (TPSA) is 130 Å². The molecule has 10 nitrogen and oxygen atoms in total. The number of aryl methyl sites for hydroxylation is 2. The van der Waals surface area contributed by atoms with Gasteiger partial charge in [-0.05, 0) is 69.7 Å². The molecule has 10 heteroatoms. The van der Waals surface area contributed by atoms with Crippen molar-refractivity contribution in [3.8, 4) is 11.1 Å². The molecule has 2 heterocycles. The van der Waals surface area contributed by atoms with Gasteiger partial charge in [-0.3, -0.25) is 14.5 Å². The van der Waals surface area contributed by atoms with Crippen molar-refractivity contribution in [1.29, 1.82) is 0 Å². The molecule has 46 heavy (non-hydrogen) atoms. The van der Waals surface area contributed by atoms with E-state index in [0.717, 1.165) is 34.2 Å². The Bertz CT molecular complexity index is 1530. The van der Waals surface area contributed by atoms with Gasteiger partial charge in [0.2, 0.25) is 5.91 Å². The van der Waals surface area contributed by atoms with Crippen LogP contribution in [0.1, 0.15) is 67.7 Å².